The Kier molecular flexibility index (Phi) is 5.85. The zero-order valence-corrected chi connectivity index (χ0v) is 16.7. The number of hydrogen-bond acceptors (Lipinski definition) is 4. The lowest BCUT2D eigenvalue weighted by atomic mass is 10.2. The Bertz CT molecular complexity index is 940. The van der Waals surface area contributed by atoms with Gasteiger partial charge in [-0.3, -0.25) is 4.99 Å². The molecule has 0 atom stereocenters. The summed E-state index contributed by atoms with van der Waals surface area (Å²) in [6.07, 6.45) is 3.41. The second kappa shape index (κ2) is 8.30. The minimum atomic E-state index is -0.285. The molecule has 1 aromatic carbocycles. The van der Waals surface area contributed by atoms with Gasteiger partial charge in [-0.1, -0.05) is 6.07 Å². The smallest absolute Gasteiger partial charge is 0.191 e. The van der Waals surface area contributed by atoms with E-state index in [1.807, 2.05) is 19.9 Å². The van der Waals surface area contributed by atoms with Crippen molar-refractivity contribution in [2.45, 2.75) is 33.9 Å². The van der Waals surface area contributed by atoms with Crippen molar-refractivity contribution in [3.8, 4) is 5.69 Å². The third-order valence-electron chi connectivity index (χ3n) is 4.26. The van der Waals surface area contributed by atoms with E-state index in [0.29, 0.717) is 24.7 Å². The van der Waals surface area contributed by atoms with Gasteiger partial charge in [-0.2, -0.15) is 0 Å². The van der Waals surface area contributed by atoms with Crippen LogP contribution in [0.25, 0.3) is 5.69 Å². The van der Waals surface area contributed by atoms with Gasteiger partial charge >= 0.3 is 0 Å². The average molecular weight is 387 g/mol. The predicted octanol–water partition coefficient (Wildman–Crippen LogP) is 3.26. The lowest BCUT2D eigenvalue weighted by Gasteiger charge is -2.12. The molecule has 3 aromatic rings. The van der Waals surface area contributed by atoms with E-state index < -0.39 is 0 Å². The number of imidazole rings is 1. The van der Waals surface area contributed by atoms with Crippen LogP contribution in [0.3, 0.4) is 0 Å². The lowest BCUT2D eigenvalue weighted by molar-refractivity contribution is 0.613. The molecule has 2 aromatic heterocycles. The number of nitrogens with one attached hydrogen (secondary N) is 2. The molecule has 3 rings (SSSR count). The first-order valence-corrected chi connectivity index (χ1v) is 9.45. The maximum Gasteiger partial charge on any atom is 0.191 e. The van der Waals surface area contributed by atoms with Crippen LogP contribution in [0.1, 0.15) is 27.0 Å². The van der Waals surface area contributed by atoms with Gasteiger partial charge in [0.15, 0.2) is 5.96 Å². The molecule has 8 heteroatoms. The maximum absolute atomic E-state index is 14.5. The van der Waals surface area contributed by atoms with E-state index in [1.165, 1.54) is 10.9 Å². The van der Waals surface area contributed by atoms with Crippen LogP contribution >= 0.6 is 11.3 Å². The Labute approximate surface area is 162 Å². The van der Waals surface area contributed by atoms with Crippen molar-refractivity contribution < 1.29 is 4.39 Å². The van der Waals surface area contributed by atoms with Crippen molar-refractivity contribution in [3.05, 3.63) is 63.4 Å². The number of hydrogen-bond donors (Lipinski definition) is 2. The zero-order chi connectivity index (χ0) is 19.4. The van der Waals surface area contributed by atoms with Gasteiger partial charge in [0.1, 0.15) is 16.6 Å². The van der Waals surface area contributed by atoms with Crippen LogP contribution in [0, 0.1) is 26.6 Å². The molecule has 0 fully saturated rings. The van der Waals surface area contributed by atoms with E-state index >= 15 is 0 Å². The number of aryl methyl sites for hydroxylation is 3. The summed E-state index contributed by atoms with van der Waals surface area (Å²) in [5.74, 6) is 1.11. The molecule has 6 nitrogen and oxygen atoms in total. The van der Waals surface area contributed by atoms with Gasteiger partial charge in [0.05, 0.1) is 17.9 Å². The second-order valence-electron chi connectivity index (χ2n) is 6.16. The standard InChI is InChI=1S/C19H23FN6S/c1-12-13(2)27-18(25-12)11-24-19(21-4)23-10-15-5-6-17(16(20)9-15)26-8-7-22-14(26)3/h5-9H,10-11H2,1-4H3,(H2,21,23,24). The van der Waals surface area contributed by atoms with Crippen molar-refractivity contribution in [1.29, 1.82) is 0 Å². The van der Waals surface area contributed by atoms with Gasteiger partial charge in [-0.15, -0.1) is 11.3 Å². The van der Waals surface area contributed by atoms with Gasteiger partial charge in [0.25, 0.3) is 0 Å². The van der Waals surface area contributed by atoms with Crippen molar-refractivity contribution in [1.82, 2.24) is 25.2 Å². The molecule has 0 aliphatic heterocycles. The van der Waals surface area contributed by atoms with Gasteiger partial charge in [0, 0.05) is 30.9 Å². The summed E-state index contributed by atoms with van der Waals surface area (Å²) in [7, 11) is 1.71. The molecule has 142 valence electrons. The highest BCUT2D eigenvalue weighted by molar-refractivity contribution is 7.11. The molecule has 0 saturated carbocycles. The first-order valence-electron chi connectivity index (χ1n) is 8.64. The van der Waals surface area contributed by atoms with E-state index in [1.54, 1.807) is 41.4 Å². The number of nitrogens with zero attached hydrogens (tertiary/aromatic N) is 4. The highest BCUT2D eigenvalue weighted by atomic mass is 32.1. The van der Waals surface area contributed by atoms with Crippen LogP contribution in [0.2, 0.25) is 0 Å². The van der Waals surface area contributed by atoms with E-state index in [4.69, 9.17) is 0 Å². The zero-order valence-electron chi connectivity index (χ0n) is 15.9. The number of benzene rings is 1. The van der Waals surface area contributed by atoms with Crippen LogP contribution in [0.4, 0.5) is 4.39 Å². The highest BCUT2D eigenvalue weighted by Crippen LogP contribution is 2.17. The van der Waals surface area contributed by atoms with E-state index in [2.05, 4.69) is 32.5 Å². The molecule has 2 heterocycles. The maximum atomic E-state index is 14.5. The van der Waals surface area contributed by atoms with E-state index in [-0.39, 0.29) is 5.82 Å². The topological polar surface area (TPSA) is 67.1 Å². The van der Waals surface area contributed by atoms with Gasteiger partial charge < -0.3 is 15.2 Å². The third kappa shape index (κ3) is 4.51. The highest BCUT2D eigenvalue weighted by Gasteiger charge is 2.09. The predicted molar refractivity (Wildman–Crippen MR) is 107 cm³/mol. The molecule has 0 aliphatic carbocycles. The summed E-state index contributed by atoms with van der Waals surface area (Å²) in [4.78, 5) is 14.1. The molecule has 2 N–H and O–H groups in total. The van der Waals surface area contributed by atoms with E-state index in [9.17, 15) is 4.39 Å². The fourth-order valence-corrected chi connectivity index (χ4v) is 3.54. The fraction of sp³-hybridized carbons (Fsp3) is 0.316. The van der Waals surface area contributed by atoms with Crippen molar-refractivity contribution in [2.24, 2.45) is 4.99 Å². The minimum absolute atomic E-state index is 0.285. The summed E-state index contributed by atoms with van der Waals surface area (Å²) >= 11 is 1.67. The monoisotopic (exact) mass is 386 g/mol. The van der Waals surface area contributed by atoms with Gasteiger partial charge in [-0.05, 0) is 38.5 Å². The Morgan fingerprint density at radius 3 is 2.59 bits per heavy atom. The molecule has 0 saturated heterocycles. The summed E-state index contributed by atoms with van der Waals surface area (Å²) in [5.41, 5.74) is 2.38. The second-order valence-corrected chi connectivity index (χ2v) is 7.45. The van der Waals surface area contributed by atoms with Gasteiger partial charge in [0.2, 0.25) is 0 Å². The first kappa shape index (κ1) is 19.0. The Morgan fingerprint density at radius 1 is 1.22 bits per heavy atom. The quantitative estimate of drug-likeness (QED) is 0.522. The molecular formula is C19H23FN6S. The molecular weight excluding hydrogens is 363 g/mol. The van der Waals surface area contributed by atoms with Crippen LogP contribution in [0.5, 0.6) is 0 Å². The van der Waals surface area contributed by atoms with Gasteiger partial charge in [-0.25, -0.2) is 14.4 Å². The normalized spacial score (nSPS) is 11.7. The number of thiazole rings is 1. The summed E-state index contributed by atoms with van der Waals surface area (Å²) < 4.78 is 16.2. The van der Waals surface area contributed by atoms with Crippen LogP contribution in [-0.4, -0.2) is 27.5 Å². The minimum Gasteiger partial charge on any atom is -0.352 e. The lowest BCUT2D eigenvalue weighted by Crippen LogP contribution is -2.36. The van der Waals surface area contributed by atoms with Crippen LogP contribution < -0.4 is 10.6 Å². The van der Waals surface area contributed by atoms with Crippen molar-refractivity contribution in [3.63, 3.8) is 0 Å². The number of guanidine groups is 1. The van der Waals surface area contributed by atoms with Crippen LogP contribution in [-0.2, 0) is 13.1 Å². The number of aliphatic imine (C=N–C) groups is 1. The van der Waals surface area contributed by atoms with Crippen molar-refractivity contribution >= 4 is 17.3 Å². The summed E-state index contributed by atoms with van der Waals surface area (Å²) in [6.45, 7) is 6.98. The average Bonchev–Trinajstić information content (AvgIpc) is 3.20. The molecule has 0 aliphatic rings. The third-order valence-corrected chi connectivity index (χ3v) is 5.33. The Balaban J connectivity index is 1.60. The van der Waals surface area contributed by atoms with Crippen molar-refractivity contribution in [2.75, 3.05) is 7.05 Å². The largest absolute Gasteiger partial charge is 0.352 e. The first-order chi connectivity index (χ1) is 13.0. The molecule has 0 radical (unpaired) electrons. The van der Waals surface area contributed by atoms with Crippen LogP contribution in [0.15, 0.2) is 35.6 Å². The molecule has 0 unspecified atom stereocenters. The van der Waals surface area contributed by atoms with E-state index in [0.717, 1.165) is 22.1 Å². The Hall–Kier alpha value is -2.74. The summed E-state index contributed by atoms with van der Waals surface area (Å²) in [5, 5.41) is 7.45. The fourth-order valence-electron chi connectivity index (χ4n) is 2.67. The molecule has 27 heavy (non-hydrogen) atoms. The number of rotatable bonds is 5. The Morgan fingerprint density at radius 2 is 2.00 bits per heavy atom. The molecule has 0 amide bonds. The SMILES string of the molecule is CN=C(NCc1ccc(-n2ccnc2C)c(F)c1)NCc1nc(C)c(C)s1. The molecule has 0 bridgehead atoms. The summed E-state index contributed by atoms with van der Waals surface area (Å²) in [6, 6.07) is 5.19. The molecule has 0 spiro atoms. The number of aromatic nitrogens is 3. The number of halogens is 1.